The van der Waals surface area contributed by atoms with Crippen LogP contribution in [0, 0.1) is 24.7 Å². The number of fused-ring (bicyclic) bond motifs is 1. The van der Waals surface area contributed by atoms with E-state index < -0.39 is 73.2 Å². The van der Waals surface area contributed by atoms with E-state index in [1.165, 1.54) is 31.6 Å². The van der Waals surface area contributed by atoms with E-state index in [0.717, 1.165) is 4.31 Å². The lowest BCUT2D eigenvalue weighted by Crippen LogP contribution is -2.70. The third-order valence-corrected chi connectivity index (χ3v) is 13.5. The Labute approximate surface area is 309 Å². The molecule has 4 amide bonds. The number of carbonyl (C=O) groups excluding carboxylic acids is 3. The molecular formula is C37H46ClN6O7S+. The van der Waals surface area contributed by atoms with E-state index >= 15 is 0 Å². The number of amides is 4. The van der Waals surface area contributed by atoms with Gasteiger partial charge in [-0.05, 0) is 69.4 Å². The second kappa shape index (κ2) is 13.7. The van der Waals surface area contributed by atoms with Gasteiger partial charge in [0.05, 0.1) is 36.4 Å². The van der Waals surface area contributed by atoms with Gasteiger partial charge in [0, 0.05) is 27.4 Å². The number of aromatic nitrogens is 2. The first-order valence-corrected chi connectivity index (χ1v) is 19.3. The van der Waals surface area contributed by atoms with E-state index in [-0.39, 0.29) is 30.5 Å². The lowest BCUT2D eigenvalue weighted by atomic mass is 9.99. The molecule has 13 nitrogen and oxygen atoms in total. The summed E-state index contributed by atoms with van der Waals surface area (Å²) in [5.41, 5.74) is 5.54. The van der Waals surface area contributed by atoms with Gasteiger partial charge in [0.25, 0.3) is 5.91 Å². The van der Waals surface area contributed by atoms with Crippen LogP contribution in [0.4, 0.5) is 10.5 Å². The van der Waals surface area contributed by atoms with Gasteiger partial charge in [-0.3, -0.25) is 15.1 Å². The van der Waals surface area contributed by atoms with Crippen LogP contribution in [-0.4, -0.2) is 83.3 Å². The number of urea groups is 1. The zero-order valence-corrected chi connectivity index (χ0v) is 31.8. The summed E-state index contributed by atoms with van der Waals surface area (Å²) >= 11 is 6.36. The highest BCUT2D eigenvalue weighted by Crippen LogP contribution is 2.49. The number of nitrogens with one attached hydrogen (secondary N) is 1. The number of nitrogens with zero attached hydrogens (tertiary/aromatic N) is 4. The molecule has 278 valence electrons. The standard InChI is InChI=1S/C37H45ClN6O7S/c1-8-24-16-37(24,35(46)43(52(48,49)27-12-13-27)26-11-9-21(4)40-17-26)42-36(47)44(34(45)32(39)20(2)3)19-31(22(5)23(44)6)51-33-29-15-25(38)10-14-28(29)30(50-7)18-41-33/h8-11,14-15,17-18,20,22-24,27,31-32H,1,12-13,16,19,39H2,2-7H3/p+1/t22?,23?,24-,31+,32?,37-,44?/m1/s1. The van der Waals surface area contributed by atoms with Gasteiger partial charge in [-0.15, -0.1) is 6.58 Å². The van der Waals surface area contributed by atoms with Crippen molar-refractivity contribution in [3.63, 3.8) is 0 Å². The monoisotopic (exact) mass is 753 g/mol. The predicted octanol–water partition coefficient (Wildman–Crippen LogP) is 4.89. The van der Waals surface area contributed by atoms with Gasteiger partial charge in [-0.2, -0.15) is 4.48 Å². The van der Waals surface area contributed by atoms with Crippen LogP contribution in [0.15, 0.2) is 55.4 Å². The van der Waals surface area contributed by atoms with Crippen molar-refractivity contribution in [2.75, 3.05) is 18.0 Å². The molecule has 0 bridgehead atoms. The number of carbonyl (C=O) groups is 3. The average molecular weight is 754 g/mol. The van der Waals surface area contributed by atoms with Gasteiger partial charge in [-0.25, -0.2) is 27.3 Å². The number of anilines is 1. The Morgan fingerprint density at radius 2 is 1.85 bits per heavy atom. The number of hydrogen-bond donors (Lipinski definition) is 2. The van der Waals surface area contributed by atoms with Crippen LogP contribution in [0.5, 0.6) is 11.6 Å². The van der Waals surface area contributed by atoms with Crippen molar-refractivity contribution >= 4 is 55.9 Å². The molecule has 1 aliphatic heterocycles. The summed E-state index contributed by atoms with van der Waals surface area (Å²) in [6.07, 6.45) is 4.60. The number of likely N-dealkylation sites (tertiary alicyclic amines) is 1. The van der Waals surface area contributed by atoms with E-state index in [1.54, 1.807) is 52.0 Å². The highest BCUT2D eigenvalue weighted by Gasteiger charge is 2.68. The first-order chi connectivity index (χ1) is 24.5. The van der Waals surface area contributed by atoms with Crippen molar-refractivity contribution in [1.29, 1.82) is 0 Å². The number of pyridine rings is 2. The number of benzene rings is 1. The smallest absolute Gasteiger partial charge is 0.425 e. The molecule has 3 N–H and O–H groups in total. The SMILES string of the molecule is C=C[C@@H]1C[C@]1(NC(=O)[N+]1(C(=O)C(N)C(C)C)C[C@H](Oc2ncc(OC)c3ccc(Cl)cc23)C(C)C1C)C(=O)N(c1ccc(C)nc1)S(=O)(=O)C1CC1. The zero-order valence-electron chi connectivity index (χ0n) is 30.2. The molecule has 3 aliphatic rings. The molecule has 2 aromatic heterocycles. The molecule has 3 heterocycles. The van der Waals surface area contributed by atoms with Gasteiger partial charge in [0.15, 0.2) is 6.10 Å². The normalized spacial score (nSPS) is 27.6. The highest BCUT2D eigenvalue weighted by molar-refractivity contribution is 7.94. The summed E-state index contributed by atoms with van der Waals surface area (Å²) in [5, 5.41) is 3.94. The number of aryl methyl sites for hydroxylation is 1. The molecule has 52 heavy (non-hydrogen) atoms. The maximum Gasteiger partial charge on any atom is 0.425 e. The molecule has 0 radical (unpaired) electrons. The van der Waals surface area contributed by atoms with Crippen molar-refractivity contribution in [3.05, 3.63) is 66.1 Å². The molecule has 6 rings (SSSR count). The number of hydrogen-bond acceptors (Lipinski definition) is 10. The number of nitrogens with two attached hydrogens (primary N) is 1. The first kappa shape index (κ1) is 37.6. The summed E-state index contributed by atoms with van der Waals surface area (Å²) < 4.78 is 39.8. The molecule has 1 saturated heterocycles. The number of quaternary nitrogens is 1. The van der Waals surface area contributed by atoms with Crippen LogP contribution >= 0.6 is 11.6 Å². The summed E-state index contributed by atoms with van der Waals surface area (Å²) in [7, 11) is -2.61. The third kappa shape index (κ3) is 6.22. The highest BCUT2D eigenvalue weighted by atomic mass is 35.5. The molecule has 3 aromatic rings. The van der Waals surface area contributed by atoms with E-state index in [2.05, 4.69) is 21.9 Å². The Bertz CT molecular complexity index is 2040. The number of methoxy groups -OCH3 is 1. The summed E-state index contributed by atoms with van der Waals surface area (Å²) in [5.74, 6) is -1.93. The van der Waals surface area contributed by atoms with Crippen LogP contribution in [0.25, 0.3) is 10.8 Å². The van der Waals surface area contributed by atoms with Crippen LogP contribution < -0.4 is 24.8 Å². The fourth-order valence-electron chi connectivity index (χ4n) is 7.21. The second-order valence-corrected chi connectivity index (χ2v) is 17.2. The van der Waals surface area contributed by atoms with Gasteiger partial charge < -0.3 is 15.2 Å². The largest absolute Gasteiger partial charge is 0.494 e. The average Bonchev–Trinajstić information content (AvgIpc) is 4.05. The summed E-state index contributed by atoms with van der Waals surface area (Å²) in [4.78, 5) is 53.0. The van der Waals surface area contributed by atoms with Crippen molar-refractivity contribution < 1.29 is 36.8 Å². The minimum absolute atomic E-state index is 0.0728. The second-order valence-electron chi connectivity index (χ2n) is 14.7. The number of ether oxygens (including phenoxy) is 2. The topological polar surface area (TPSA) is 171 Å². The molecule has 2 saturated carbocycles. The Balaban J connectivity index is 1.40. The van der Waals surface area contributed by atoms with Crippen molar-refractivity contribution in [2.24, 2.45) is 23.5 Å². The molecule has 1 aromatic carbocycles. The number of imide groups is 1. The third-order valence-electron chi connectivity index (χ3n) is 11.1. The zero-order chi connectivity index (χ0) is 37.9. The van der Waals surface area contributed by atoms with E-state index in [0.29, 0.717) is 40.1 Å². The molecule has 0 spiro atoms. The molecule has 3 fully saturated rings. The van der Waals surface area contributed by atoms with Gasteiger partial charge in [0.1, 0.15) is 29.9 Å². The van der Waals surface area contributed by atoms with Gasteiger partial charge in [-0.1, -0.05) is 38.4 Å². The first-order valence-electron chi connectivity index (χ1n) is 17.5. The van der Waals surface area contributed by atoms with E-state index in [9.17, 15) is 22.8 Å². The maximum atomic E-state index is 15.0. The Morgan fingerprint density at radius 1 is 1.13 bits per heavy atom. The number of sulfonamides is 1. The molecule has 7 atom stereocenters. The Kier molecular flexibility index (Phi) is 9.92. The predicted molar refractivity (Wildman–Crippen MR) is 197 cm³/mol. The van der Waals surface area contributed by atoms with Gasteiger partial charge in [0.2, 0.25) is 15.9 Å². The van der Waals surface area contributed by atoms with Crippen LogP contribution in [0.2, 0.25) is 5.02 Å². The van der Waals surface area contributed by atoms with Crippen molar-refractivity contribution in [1.82, 2.24) is 15.3 Å². The molecule has 15 heteroatoms. The van der Waals surface area contributed by atoms with Gasteiger partial charge >= 0.3 is 11.9 Å². The minimum Gasteiger partial charge on any atom is -0.494 e. The lowest BCUT2D eigenvalue weighted by Gasteiger charge is -2.37. The summed E-state index contributed by atoms with van der Waals surface area (Å²) in [6.45, 7) is 12.7. The fourth-order valence-corrected chi connectivity index (χ4v) is 9.21. The van der Waals surface area contributed by atoms with Crippen LogP contribution in [0.3, 0.4) is 0 Å². The quantitative estimate of drug-likeness (QED) is 0.203. The fraction of sp³-hybridized carbons (Fsp3) is 0.486. The molecular weight excluding hydrogens is 708 g/mol. The van der Waals surface area contributed by atoms with Crippen LogP contribution in [0.1, 0.15) is 52.7 Å². The summed E-state index contributed by atoms with van der Waals surface area (Å²) in [6, 6.07) is 5.90. The van der Waals surface area contributed by atoms with Crippen molar-refractivity contribution in [3.8, 4) is 11.6 Å². The minimum atomic E-state index is -4.15. The van der Waals surface area contributed by atoms with E-state index in [1.807, 2.05) is 6.92 Å². The molecule has 4 unspecified atom stereocenters. The van der Waals surface area contributed by atoms with Crippen molar-refractivity contribution in [2.45, 2.75) is 82.9 Å². The number of halogens is 1. The Morgan fingerprint density at radius 3 is 2.42 bits per heavy atom. The number of rotatable bonds is 11. The lowest BCUT2D eigenvalue weighted by molar-refractivity contribution is -0.789. The Hall–Kier alpha value is -4.11. The maximum absolute atomic E-state index is 15.0. The van der Waals surface area contributed by atoms with E-state index in [4.69, 9.17) is 26.8 Å². The van der Waals surface area contributed by atoms with Crippen LogP contribution in [-0.2, 0) is 19.6 Å². The molecule has 2 aliphatic carbocycles.